The Morgan fingerprint density at radius 3 is 2.68 bits per heavy atom. The molecule has 6 rings (SSSR count). The molecule has 1 amide bonds. The number of ketones is 1. The molecule has 0 saturated carbocycles. The number of aliphatic hydroxyl groups is 1. The smallest absolute Gasteiger partial charge is 0.301 e. The summed E-state index contributed by atoms with van der Waals surface area (Å²) in [7, 11) is 1.55. The maximum atomic E-state index is 14.3. The third-order valence-electron chi connectivity index (χ3n) is 6.21. The molecule has 1 atom stereocenters. The molecule has 10 heteroatoms. The zero-order valence-electron chi connectivity index (χ0n) is 19.4. The minimum atomic E-state index is -1.11. The highest BCUT2D eigenvalue weighted by Crippen LogP contribution is 2.45. The third kappa shape index (κ3) is 3.86. The Morgan fingerprint density at radius 1 is 1.08 bits per heavy atom. The average Bonchev–Trinajstić information content (AvgIpc) is 3.45. The summed E-state index contributed by atoms with van der Waals surface area (Å²) < 4.78 is 31.5. The second-order valence-corrected chi connectivity index (χ2v) is 9.42. The fourth-order valence-electron chi connectivity index (χ4n) is 4.49. The first-order valence-corrected chi connectivity index (χ1v) is 12.2. The molecule has 37 heavy (non-hydrogen) atoms. The van der Waals surface area contributed by atoms with Crippen LogP contribution in [-0.2, 0) is 9.59 Å². The molecular formula is C27H19FN2O6S. The molecule has 1 unspecified atom stereocenters. The number of fused-ring (bicyclic) bond motifs is 2. The number of thiazole rings is 1. The SMILES string of the molecule is COc1ccc2nc(N3C(=O)C(=O)/C(=C(/O)c4ccc5c(c4)OCCO5)C3c3cccc(F)c3)sc2c1. The molecule has 3 aromatic carbocycles. The van der Waals surface area contributed by atoms with E-state index in [9.17, 15) is 19.1 Å². The van der Waals surface area contributed by atoms with Crippen LogP contribution in [0.3, 0.4) is 0 Å². The van der Waals surface area contributed by atoms with Crippen LogP contribution in [0.2, 0.25) is 0 Å². The molecule has 0 spiro atoms. The second kappa shape index (κ2) is 8.90. The number of rotatable bonds is 4. The van der Waals surface area contributed by atoms with Crippen molar-refractivity contribution in [3.63, 3.8) is 0 Å². The van der Waals surface area contributed by atoms with Crippen molar-refractivity contribution in [2.75, 3.05) is 25.2 Å². The van der Waals surface area contributed by atoms with E-state index in [0.717, 1.165) is 4.70 Å². The van der Waals surface area contributed by atoms with E-state index in [1.165, 1.54) is 34.4 Å². The van der Waals surface area contributed by atoms with Crippen LogP contribution in [-0.4, -0.2) is 42.1 Å². The summed E-state index contributed by atoms with van der Waals surface area (Å²) in [6, 6.07) is 14.5. The Hall–Kier alpha value is -4.44. The van der Waals surface area contributed by atoms with E-state index >= 15 is 0 Å². The summed E-state index contributed by atoms with van der Waals surface area (Å²) in [4.78, 5) is 32.5. The van der Waals surface area contributed by atoms with E-state index in [1.54, 1.807) is 49.6 Å². The Balaban J connectivity index is 1.53. The van der Waals surface area contributed by atoms with Crippen molar-refractivity contribution in [1.82, 2.24) is 4.98 Å². The molecule has 186 valence electrons. The standard InChI is InChI=1S/C27H19FN2O6S/c1-34-17-6-7-18-21(13-17)37-27(29-18)30-23(14-3-2-4-16(28)11-14)22(25(32)26(30)33)24(31)15-5-8-19-20(12-15)36-10-9-35-19/h2-8,11-13,23,31H,9-10H2,1H3/b24-22+. The van der Waals surface area contributed by atoms with Crippen molar-refractivity contribution in [2.24, 2.45) is 0 Å². The lowest BCUT2D eigenvalue weighted by Gasteiger charge is -2.23. The van der Waals surface area contributed by atoms with Crippen molar-refractivity contribution < 1.29 is 33.3 Å². The van der Waals surface area contributed by atoms with Crippen molar-refractivity contribution in [3.8, 4) is 17.2 Å². The van der Waals surface area contributed by atoms with Crippen molar-refractivity contribution in [1.29, 1.82) is 0 Å². The van der Waals surface area contributed by atoms with Gasteiger partial charge in [0.1, 0.15) is 30.5 Å². The molecule has 1 saturated heterocycles. The molecule has 3 heterocycles. The van der Waals surface area contributed by atoms with Crippen molar-refractivity contribution in [2.45, 2.75) is 6.04 Å². The van der Waals surface area contributed by atoms with Crippen molar-refractivity contribution in [3.05, 3.63) is 83.2 Å². The van der Waals surface area contributed by atoms with Gasteiger partial charge in [0, 0.05) is 5.56 Å². The van der Waals surface area contributed by atoms with Gasteiger partial charge < -0.3 is 19.3 Å². The number of carbonyl (C=O) groups is 2. The number of aromatic nitrogens is 1. The number of hydrogen-bond acceptors (Lipinski definition) is 8. The minimum Gasteiger partial charge on any atom is -0.507 e. The quantitative estimate of drug-likeness (QED) is 0.235. The highest BCUT2D eigenvalue weighted by atomic mass is 32.1. The Labute approximate surface area is 214 Å². The fraction of sp³-hybridized carbons (Fsp3) is 0.148. The molecule has 8 nitrogen and oxygen atoms in total. The molecule has 4 aromatic rings. The number of aliphatic hydroxyl groups excluding tert-OH is 1. The fourth-order valence-corrected chi connectivity index (χ4v) is 5.51. The third-order valence-corrected chi connectivity index (χ3v) is 7.23. The van der Waals surface area contributed by atoms with Crippen LogP contribution >= 0.6 is 11.3 Å². The number of carbonyl (C=O) groups excluding carboxylic acids is 2. The lowest BCUT2D eigenvalue weighted by molar-refractivity contribution is -0.132. The molecule has 1 fully saturated rings. The van der Waals surface area contributed by atoms with E-state index in [2.05, 4.69) is 4.98 Å². The van der Waals surface area contributed by atoms with Crippen LogP contribution < -0.4 is 19.1 Å². The van der Waals surface area contributed by atoms with E-state index in [-0.39, 0.29) is 16.3 Å². The monoisotopic (exact) mass is 518 g/mol. The number of halogens is 1. The summed E-state index contributed by atoms with van der Waals surface area (Å²) >= 11 is 1.19. The predicted molar refractivity (Wildman–Crippen MR) is 135 cm³/mol. The molecule has 1 aromatic heterocycles. The predicted octanol–water partition coefficient (Wildman–Crippen LogP) is 4.84. The maximum absolute atomic E-state index is 14.3. The van der Waals surface area contributed by atoms with Gasteiger partial charge in [-0.2, -0.15) is 0 Å². The van der Waals surface area contributed by atoms with Gasteiger partial charge in [0.15, 0.2) is 16.6 Å². The first-order chi connectivity index (χ1) is 17.9. The van der Waals surface area contributed by atoms with Crippen LogP contribution in [0.4, 0.5) is 9.52 Å². The number of ether oxygens (including phenoxy) is 3. The van der Waals surface area contributed by atoms with Gasteiger partial charge in [-0.15, -0.1) is 0 Å². The number of amides is 1. The Bertz CT molecular complexity index is 1610. The number of methoxy groups -OCH3 is 1. The second-order valence-electron chi connectivity index (χ2n) is 8.41. The molecular weight excluding hydrogens is 499 g/mol. The number of benzene rings is 3. The van der Waals surface area contributed by atoms with Gasteiger partial charge >= 0.3 is 5.91 Å². The van der Waals surface area contributed by atoms with Crippen LogP contribution in [0.15, 0.2) is 66.2 Å². The summed E-state index contributed by atoms with van der Waals surface area (Å²) in [6.07, 6.45) is 0. The van der Waals surface area contributed by atoms with Gasteiger partial charge in [-0.25, -0.2) is 9.37 Å². The normalized spacial score (nSPS) is 18.4. The topological polar surface area (TPSA) is 98.2 Å². The number of nitrogens with zero attached hydrogens (tertiary/aromatic N) is 2. The van der Waals surface area contributed by atoms with Crippen LogP contribution in [0.5, 0.6) is 17.2 Å². The first-order valence-electron chi connectivity index (χ1n) is 11.4. The van der Waals surface area contributed by atoms with Gasteiger partial charge in [0.2, 0.25) is 0 Å². The largest absolute Gasteiger partial charge is 0.507 e. The first kappa shape index (κ1) is 23.0. The number of anilines is 1. The van der Waals surface area contributed by atoms with Crippen LogP contribution in [0, 0.1) is 5.82 Å². The molecule has 0 aliphatic carbocycles. The minimum absolute atomic E-state index is 0.177. The van der Waals surface area contributed by atoms with Crippen LogP contribution in [0.25, 0.3) is 16.0 Å². The summed E-state index contributed by atoms with van der Waals surface area (Å²) in [5, 5.41) is 11.6. The zero-order valence-corrected chi connectivity index (χ0v) is 20.3. The van der Waals surface area contributed by atoms with Crippen molar-refractivity contribution >= 4 is 44.1 Å². The van der Waals surface area contributed by atoms with Gasteiger partial charge in [-0.05, 0) is 54.1 Å². The van der Waals surface area contributed by atoms with Gasteiger partial charge in [-0.3, -0.25) is 14.5 Å². The molecule has 0 bridgehead atoms. The summed E-state index contributed by atoms with van der Waals surface area (Å²) in [5.41, 5.74) is 1.00. The van der Waals surface area contributed by atoms with Crippen LogP contribution in [0.1, 0.15) is 17.2 Å². The number of Topliss-reactive ketones (excluding diaryl/α,β-unsaturated/α-hetero) is 1. The number of hydrogen-bond donors (Lipinski definition) is 1. The molecule has 2 aliphatic heterocycles. The molecule has 2 aliphatic rings. The van der Waals surface area contributed by atoms with Gasteiger partial charge in [-0.1, -0.05) is 23.5 Å². The van der Waals surface area contributed by atoms with E-state index < -0.39 is 29.3 Å². The Kier molecular flexibility index (Phi) is 5.53. The van der Waals surface area contributed by atoms with E-state index in [4.69, 9.17) is 14.2 Å². The van der Waals surface area contributed by atoms with Gasteiger partial charge in [0.25, 0.3) is 5.78 Å². The lowest BCUT2D eigenvalue weighted by atomic mass is 9.95. The highest BCUT2D eigenvalue weighted by Gasteiger charge is 2.48. The van der Waals surface area contributed by atoms with E-state index in [1.807, 2.05) is 0 Å². The van der Waals surface area contributed by atoms with Gasteiger partial charge in [0.05, 0.1) is 28.9 Å². The lowest BCUT2D eigenvalue weighted by Crippen LogP contribution is -2.29. The summed E-state index contributed by atoms with van der Waals surface area (Å²) in [6.45, 7) is 0.740. The average molecular weight is 519 g/mol. The van der Waals surface area contributed by atoms with E-state index in [0.29, 0.717) is 41.5 Å². The summed E-state index contributed by atoms with van der Waals surface area (Å²) in [5.74, 6) is -1.20. The highest BCUT2D eigenvalue weighted by molar-refractivity contribution is 7.22. The molecule has 0 radical (unpaired) electrons. The zero-order chi connectivity index (χ0) is 25.7. The Morgan fingerprint density at radius 2 is 1.89 bits per heavy atom. The maximum Gasteiger partial charge on any atom is 0.301 e. The molecule has 1 N–H and O–H groups in total.